The second kappa shape index (κ2) is 8.87. The molecule has 0 atom stereocenters. The van der Waals surface area contributed by atoms with Gasteiger partial charge in [0.25, 0.3) is 0 Å². The van der Waals surface area contributed by atoms with Crippen LogP contribution in [-0.2, 0) is 6.61 Å². The lowest BCUT2D eigenvalue weighted by atomic mass is 10.1. The number of hydrogen-bond donors (Lipinski definition) is 1. The second-order valence-electron chi connectivity index (χ2n) is 6.68. The first-order valence-corrected chi connectivity index (χ1v) is 9.44. The summed E-state index contributed by atoms with van der Waals surface area (Å²) in [5, 5.41) is 22.5. The maximum Gasteiger partial charge on any atom is 0.315 e. The molecule has 0 saturated carbocycles. The normalized spacial score (nSPS) is 11.1. The van der Waals surface area contributed by atoms with Crippen molar-refractivity contribution in [2.75, 3.05) is 7.11 Å². The van der Waals surface area contributed by atoms with Crippen LogP contribution in [0.1, 0.15) is 28.1 Å². The maximum atomic E-state index is 11.7. The van der Waals surface area contributed by atoms with Crippen molar-refractivity contribution in [2.45, 2.75) is 27.4 Å². The van der Waals surface area contributed by atoms with Crippen molar-refractivity contribution in [3.8, 4) is 11.5 Å². The Morgan fingerprint density at radius 2 is 2.07 bits per heavy atom. The molecule has 1 N–H and O–H groups in total. The van der Waals surface area contributed by atoms with Crippen LogP contribution in [0.2, 0.25) is 0 Å². The van der Waals surface area contributed by atoms with Gasteiger partial charge in [-0.3, -0.25) is 15.2 Å². The molecule has 9 nitrogen and oxygen atoms in total. The van der Waals surface area contributed by atoms with Gasteiger partial charge in [-0.2, -0.15) is 14.9 Å². The van der Waals surface area contributed by atoms with E-state index in [0.29, 0.717) is 16.2 Å². The van der Waals surface area contributed by atoms with E-state index in [1.807, 2.05) is 32.0 Å². The molecule has 156 valence electrons. The fourth-order valence-corrected chi connectivity index (χ4v) is 3.08. The first kappa shape index (κ1) is 21.2. The first-order chi connectivity index (χ1) is 14.3. The molecule has 0 amide bonds. The number of nitro groups is 1. The summed E-state index contributed by atoms with van der Waals surface area (Å²) in [6.45, 7) is 5.86. The Morgan fingerprint density at radius 3 is 2.70 bits per heavy atom. The number of aryl methyl sites for hydroxylation is 3. The van der Waals surface area contributed by atoms with E-state index in [1.165, 1.54) is 24.1 Å². The van der Waals surface area contributed by atoms with E-state index in [1.54, 1.807) is 13.0 Å². The van der Waals surface area contributed by atoms with Crippen LogP contribution in [-0.4, -0.2) is 33.1 Å². The van der Waals surface area contributed by atoms with Gasteiger partial charge in [0.1, 0.15) is 12.4 Å². The average Bonchev–Trinajstić information content (AvgIpc) is 3.04. The van der Waals surface area contributed by atoms with Crippen molar-refractivity contribution < 1.29 is 14.4 Å². The highest BCUT2D eigenvalue weighted by Crippen LogP contribution is 2.38. The summed E-state index contributed by atoms with van der Waals surface area (Å²) in [6.07, 6.45) is 1.45. The van der Waals surface area contributed by atoms with E-state index in [4.69, 9.17) is 21.7 Å². The van der Waals surface area contributed by atoms with Crippen LogP contribution in [0, 0.1) is 35.7 Å². The van der Waals surface area contributed by atoms with Crippen molar-refractivity contribution in [1.29, 1.82) is 0 Å². The van der Waals surface area contributed by atoms with Gasteiger partial charge in [0.15, 0.2) is 5.75 Å². The maximum absolute atomic E-state index is 11.7. The Morgan fingerprint density at radius 1 is 1.30 bits per heavy atom. The van der Waals surface area contributed by atoms with Gasteiger partial charge in [0.05, 0.1) is 18.2 Å². The van der Waals surface area contributed by atoms with Crippen molar-refractivity contribution in [1.82, 2.24) is 14.9 Å². The summed E-state index contributed by atoms with van der Waals surface area (Å²) in [7, 11) is 1.43. The third-order valence-corrected chi connectivity index (χ3v) is 4.75. The number of aromatic nitrogens is 3. The lowest BCUT2D eigenvalue weighted by Crippen LogP contribution is -2.04. The Balaban J connectivity index is 1.96. The van der Waals surface area contributed by atoms with Gasteiger partial charge >= 0.3 is 5.69 Å². The Hall–Kier alpha value is -3.53. The largest absolute Gasteiger partial charge is 0.493 e. The van der Waals surface area contributed by atoms with Crippen molar-refractivity contribution in [3.63, 3.8) is 0 Å². The van der Waals surface area contributed by atoms with E-state index >= 15 is 0 Å². The summed E-state index contributed by atoms with van der Waals surface area (Å²) >= 11 is 5.10. The summed E-state index contributed by atoms with van der Waals surface area (Å²) < 4.78 is 12.9. The van der Waals surface area contributed by atoms with E-state index in [-0.39, 0.29) is 23.8 Å². The van der Waals surface area contributed by atoms with Gasteiger partial charge in [-0.05, 0) is 50.2 Å². The molecule has 0 aliphatic carbocycles. The third-order valence-electron chi connectivity index (χ3n) is 4.49. The molecule has 30 heavy (non-hydrogen) atoms. The van der Waals surface area contributed by atoms with Crippen LogP contribution in [0.4, 0.5) is 5.69 Å². The highest BCUT2D eigenvalue weighted by atomic mass is 32.1. The molecule has 0 radical (unpaired) electrons. The van der Waals surface area contributed by atoms with E-state index < -0.39 is 4.92 Å². The van der Waals surface area contributed by atoms with Crippen LogP contribution in [0.15, 0.2) is 35.4 Å². The smallest absolute Gasteiger partial charge is 0.315 e. The molecule has 0 unspecified atom stereocenters. The fourth-order valence-electron chi connectivity index (χ4n) is 2.85. The topological polar surface area (TPSA) is 108 Å². The lowest BCUT2D eigenvalue weighted by Gasteiger charge is -2.13. The zero-order valence-corrected chi connectivity index (χ0v) is 17.8. The molecule has 0 saturated heterocycles. The minimum atomic E-state index is -0.507. The molecule has 3 rings (SSSR count). The number of H-pyrrole nitrogens is 1. The van der Waals surface area contributed by atoms with Crippen LogP contribution < -0.4 is 9.47 Å². The quantitative estimate of drug-likeness (QED) is 0.261. The highest BCUT2D eigenvalue weighted by Gasteiger charge is 2.22. The second-order valence-corrected chi connectivity index (χ2v) is 7.07. The first-order valence-electron chi connectivity index (χ1n) is 9.04. The zero-order chi connectivity index (χ0) is 21.8. The van der Waals surface area contributed by atoms with Crippen LogP contribution in [0.3, 0.4) is 0 Å². The molecule has 0 fully saturated rings. The number of nitro benzene ring substituents is 1. The predicted octanol–water partition coefficient (Wildman–Crippen LogP) is 4.24. The van der Waals surface area contributed by atoms with Crippen molar-refractivity contribution in [2.24, 2.45) is 5.10 Å². The summed E-state index contributed by atoms with van der Waals surface area (Å²) in [6, 6.07) is 8.98. The molecule has 10 heteroatoms. The van der Waals surface area contributed by atoms with E-state index in [9.17, 15) is 10.1 Å². The fraction of sp³-hybridized carbons (Fsp3) is 0.250. The van der Waals surface area contributed by atoms with Crippen LogP contribution in [0.25, 0.3) is 0 Å². The number of nitrogens with zero attached hydrogens (tertiary/aromatic N) is 4. The lowest BCUT2D eigenvalue weighted by molar-refractivity contribution is -0.386. The third kappa shape index (κ3) is 4.54. The summed E-state index contributed by atoms with van der Waals surface area (Å²) in [4.78, 5) is 11.2. The van der Waals surface area contributed by atoms with Crippen LogP contribution >= 0.6 is 12.2 Å². The number of aromatic amines is 1. The Kier molecular flexibility index (Phi) is 6.26. The number of benzene rings is 2. The number of rotatable bonds is 7. The molecule has 0 aliphatic rings. The van der Waals surface area contributed by atoms with Gasteiger partial charge in [-0.15, -0.1) is 0 Å². The van der Waals surface area contributed by atoms with Gasteiger partial charge < -0.3 is 9.47 Å². The summed E-state index contributed by atoms with van der Waals surface area (Å²) in [5.74, 6) is 0.867. The molecule has 0 aliphatic heterocycles. The number of hydrogen-bond acceptors (Lipinski definition) is 7. The molecule has 3 aromatic rings. The monoisotopic (exact) mass is 427 g/mol. The predicted molar refractivity (Wildman–Crippen MR) is 115 cm³/mol. The Bertz CT molecular complexity index is 1180. The van der Waals surface area contributed by atoms with Gasteiger partial charge in [0.2, 0.25) is 10.5 Å². The van der Waals surface area contributed by atoms with Crippen molar-refractivity contribution >= 4 is 24.1 Å². The zero-order valence-electron chi connectivity index (χ0n) is 17.0. The highest BCUT2D eigenvalue weighted by molar-refractivity contribution is 7.71. The molecule has 1 heterocycles. The van der Waals surface area contributed by atoms with Crippen LogP contribution in [0.5, 0.6) is 11.5 Å². The van der Waals surface area contributed by atoms with E-state index in [2.05, 4.69) is 15.3 Å². The minimum absolute atomic E-state index is 0.0664. The van der Waals surface area contributed by atoms with Crippen molar-refractivity contribution in [3.05, 3.63) is 73.3 Å². The SMILES string of the molecule is COc1cc(/C=N\n2c(C)n[nH]c2=S)cc([N+](=O)[O-])c1OCc1cc(C)ccc1C. The minimum Gasteiger partial charge on any atom is -0.493 e. The Labute approximate surface area is 178 Å². The molecule has 2 aromatic carbocycles. The molecule has 0 spiro atoms. The van der Waals surface area contributed by atoms with Gasteiger partial charge in [-0.25, -0.2) is 0 Å². The molecule has 0 bridgehead atoms. The molecular weight excluding hydrogens is 406 g/mol. The van der Waals surface area contributed by atoms with Gasteiger partial charge in [0, 0.05) is 11.6 Å². The number of ether oxygens (including phenoxy) is 2. The van der Waals surface area contributed by atoms with E-state index in [0.717, 1.165) is 16.7 Å². The number of methoxy groups -OCH3 is 1. The molecular formula is C20H21N5O4S. The summed E-state index contributed by atoms with van der Waals surface area (Å²) in [5.41, 5.74) is 3.31. The molecule has 1 aromatic heterocycles. The average molecular weight is 427 g/mol. The van der Waals surface area contributed by atoms with Gasteiger partial charge in [-0.1, -0.05) is 23.8 Å². The number of nitrogens with one attached hydrogen (secondary N) is 1. The standard InChI is InChI=1S/C20H21N5O4S/c1-12-5-6-13(2)16(7-12)11-29-19-17(25(26)27)8-15(9-18(19)28-4)10-21-24-14(3)22-23-20(24)30/h5-10H,11H2,1-4H3,(H,23,30)/b21-10-.